The van der Waals surface area contributed by atoms with Crippen molar-refractivity contribution >= 4 is 49.2 Å². The zero-order valence-electron chi connectivity index (χ0n) is 31.9. The third-order valence-electron chi connectivity index (χ3n) is 7.85. The number of nitrogens with two attached hydrogens (primary N) is 2. The maximum Gasteiger partial charge on any atom is 0.367 e. The van der Waals surface area contributed by atoms with Gasteiger partial charge in [-0.25, -0.2) is 9.97 Å². The number of phenolic OH excluding ortho intramolecular Hbond substituents is 1. The predicted molar refractivity (Wildman–Crippen MR) is 237 cm³/mol. The molecule has 0 saturated heterocycles. The van der Waals surface area contributed by atoms with Gasteiger partial charge in [0.2, 0.25) is 11.9 Å². The molecule has 0 radical (unpaired) electrons. The number of para-hydroxylation sites is 2. The molecular formula is C39H60N8O11P2. The summed E-state index contributed by atoms with van der Waals surface area (Å²) in [6.45, 7) is 7.99. The van der Waals surface area contributed by atoms with Crippen LogP contribution in [0.4, 0.5) is 11.9 Å². The van der Waals surface area contributed by atoms with Crippen LogP contribution < -0.4 is 27.3 Å². The number of aliphatic hydroxyl groups excluding tert-OH is 1. The highest BCUT2D eigenvalue weighted by molar-refractivity contribution is 7.53. The molecular weight excluding hydrogens is 818 g/mol. The van der Waals surface area contributed by atoms with Crippen LogP contribution in [0.3, 0.4) is 0 Å². The fourth-order valence-electron chi connectivity index (χ4n) is 5.47. The number of rotatable bonds is 16. The van der Waals surface area contributed by atoms with Crippen molar-refractivity contribution in [2.24, 2.45) is 0 Å². The van der Waals surface area contributed by atoms with Gasteiger partial charge in [0, 0.05) is 36.4 Å². The van der Waals surface area contributed by atoms with Gasteiger partial charge < -0.3 is 54.5 Å². The van der Waals surface area contributed by atoms with Gasteiger partial charge in [0.1, 0.15) is 39.9 Å². The first-order chi connectivity index (χ1) is 27.3. The second-order valence-electron chi connectivity index (χ2n) is 11.9. The number of hydrogen-bond donors (Lipinski definition) is 8. The summed E-state index contributed by atoms with van der Waals surface area (Å²) in [6, 6.07) is 14.4. The second-order valence-corrected chi connectivity index (χ2v) is 15.9. The SMILES string of the molecule is C.C.C.CCOP(=O)(CO)OCC.CCOP(=O)(COc1ccccc1Cc1c[nH]c2c(=O)[nH]c(N)nc12)OCC.Nc1nc2c(Cc3ccccc3O)c[nH]c2c(=O)[nH]1. The van der Waals surface area contributed by atoms with Crippen LogP contribution in [-0.4, -0.2) is 79.2 Å². The van der Waals surface area contributed by atoms with Crippen molar-refractivity contribution in [2.45, 2.75) is 62.8 Å². The van der Waals surface area contributed by atoms with Crippen molar-refractivity contribution in [2.75, 3.05) is 50.6 Å². The minimum absolute atomic E-state index is 0. The second kappa shape index (κ2) is 24.7. The third kappa shape index (κ3) is 14.2. The molecule has 6 rings (SSSR count). The van der Waals surface area contributed by atoms with Gasteiger partial charge >= 0.3 is 15.2 Å². The number of nitrogens with one attached hydrogen (secondary N) is 4. The van der Waals surface area contributed by atoms with Crippen molar-refractivity contribution in [3.63, 3.8) is 0 Å². The predicted octanol–water partition coefficient (Wildman–Crippen LogP) is 7.27. The zero-order valence-corrected chi connectivity index (χ0v) is 33.7. The first kappa shape index (κ1) is 52.8. The lowest BCUT2D eigenvalue weighted by Gasteiger charge is -2.18. The lowest BCUT2D eigenvalue weighted by atomic mass is 10.1. The number of nitrogens with zero attached hydrogens (tertiary/aromatic N) is 2. The average molecular weight is 879 g/mol. The van der Waals surface area contributed by atoms with Gasteiger partial charge in [-0.15, -0.1) is 0 Å². The summed E-state index contributed by atoms with van der Waals surface area (Å²) in [6.07, 6.45) is 3.61. The summed E-state index contributed by atoms with van der Waals surface area (Å²) < 4.78 is 49.4. The first-order valence-electron chi connectivity index (χ1n) is 17.8. The van der Waals surface area contributed by atoms with E-state index in [0.29, 0.717) is 40.7 Å². The Hall–Kier alpha value is -5.26. The number of aromatic nitrogens is 6. The average Bonchev–Trinajstić information content (AvgIpc) is 3.77. The quantitative estimate of drug-likeness (QED) is 0.0444. The number of phenols is 1. The Kier molecular flexibility index (Phi) is 21.7. The number of anilines is 2. The molecule has 4 aromatic heterocycles. The van der Waals surface area contributed by atoms with Crippen molar-refractivity contribution in [1.82, 2.24) is 29.9 Å². The summed E-state index contributed by atoms with van der Waals surface area (Å²) in [5, 5.41) is 18.3. The summed E-state index contributed by atoms with van der Waals surface area (Å²) >= 11 is 0. The number of aromatic amines is 4. The van der Waals surface area contributed by atoms with Crippen molar-refractivity contribution < 1.29 is 42.2 Å². The molecule has 0 spiro atoms. The van der Waals surface area contributed by atoms with Crippen LogP contribution >= 0.6 is 15.2 Å². The van der Waals surface area contributed by atoms with E-state index in [-0.39, 0.29) is 83.8 Å². The number of benzene rings is 2. The fourth-order valence-corrected chi connectivity index (χ4v) is 7.80. The molecule has 0 bridgehead atoms. The number of H-pyrrole nitrogens is 4. The first-order valence-corrected chi connectivity index (χ1v) is 21.3. The van der Waals surface area contributed by atoms with E-state index in [0.717, 1.165) is 22.3 Å². The van der Waals surface area contributed by atoms with E-state index in [9.17, 15) is 23.8 Å². The number of aliphatic hydroxyl groups is 1. The number of aromatic hydroxyl groups is 1. The molecule has 0 atom stereocenters. The minimum Gasteiger partial charge on any atom is -0.508 e. The highest BCUT2D eigenvalue weighted by atomic mass is 31.2. The van der Waals surface area contributed by atoms with Crippen LogP contribution in [0.2, 0.25) is 0 Å². The Morgan fingerprint density at radius 3 is 1.50 bits per heavy atom. The van der Waals surface area contributed by atoms with Gasteiger partial charge in [0.05, 0.1) is 26.4 Å². The highest BCUT2D eigenvalue weighted by Crippen LogP contribution is 2.48. The molecule has 0 fully saturated rings. The van der Waals surface area contributed by atoms with E-state index in [4.69, 9.17) is 39.4 Å². The molecule has 0 aliphatic heterocycles. The van der Waals surface area contributed by atoms with Crippen LogP contribution in [0.25, 0.3) is 22.1 Å². The van der Waals surface area contributed by atoms with Crippen LogP contribution in [0.1, 0.15) is 72.2 Å². The molecule has 2 aromatic carbocycles. The molecule has 332 valence electrons. The van der Waals surface area contributed by atoms with E-state index < -0.39 is 21.5 Å². The summed E-state index contributed by atoms with van der Waals surface area (Å²) in [5.74, 6) is 0.900. The zero-order chi connectivity index (χ0) is 41.6. The van der Waals surface area contributed by atoms with Crippen LogP contribution in [0.5, 0.6) is 11.5 Å². The van der Waals surface area contributed by atoms with Crippen LogP contribution in [-0.2, 0) is 40.1 Å². The number of hydrogen-bond acceptors (Lipinski definition) is 15. The van der Waals surface area contributed by atoms with Crippen molar-refractivity contribution in [3.05, 3.63) is 104 Å². The largest absolute Gasteiger partial charge is 0.508 e. The van der Waals surface area contributed by atoms with E-state index in [2.05, 4.69) is 29.9 Å². The van der Waals surface area contributed by atoms with E-state index in [1.165, 1.54) is 0 Å². The van der Waals surface area contributed by atoms with Gasteiger partial charge in [-0.05, 0) is 51.0 Å². The Morgan fingerprint density at radius 2 is 1.05 bits per heavy atom. The van der Waals surface area contributed by atoms with E-state index in [1.807, 2.05) is 30.3 Å². The third-order valence-corrected chi connectivity index (χ3v) is 11.2. The van der Waals surface area contributed by atoms with Gasteiger partial charge in [0.15, 0.2) is 6.35 Å². The van der Waals surface area contributed by atoms with Gasteiger partial charge in [-0.1, -0.05) is 58.7 Å². The van der Waals surface area contributed by atoms with Crippen LogP contribution in [0, 0.1) is 0 Å². The molecule has 21 heteroatoms. The normalized spacial score (nSPS) is 10.9. The smallest absolute Gasteiger partial charge is 0.367 e. The molecule has 0 saturated carbocycles. The Morgan fingerprint density at radius 1 is 0.633 bits per heavy atom. The molecule has 6 aromatic rings. The molecule has 0 aliphatic carbocycles. The molecule has 0 aliphatic rings. The molecule has 60 heavy (non-hydrogen) atoms. The maximum atomic E-state index is 12.6. The van der Waals surface area contributed by atoms with Crippen molar-refractivity contribution in [1.29, 1.82) is 0 Å². The standard InChI is InChI=1S/C18H23N4O5P.C13H12N4O2.C5H13O4P.3CH4/c1-3-26-28(24,27-4-2)11-25-14-8-6-5-7-12(14)9-13-10-20-16-15(13)21-18(19)22-17(16)23;14-13-16-10-8(6-15-11(10)12(19)17-13)5-7-3-1-2-4-9(7)18;1-3-8-10(7,5-6)9-4-2;;;/h5-8,10,20H,3-4,9,11H2,1-2H3,(H3,19,21,22,23);1-4,6,15,18H,5H2,(H3,14,16,17,19);6H,3-5H2,1-2H3;3*1H4. The van der Waals surface area contributed by atoms with Crippen LogP contribution in [0.15, 0.2) is 70.5 Å². The number of nitrogen functional groups attached to an aromatic ring is 2. The molecule has 4 heterocycles. The fraction of sp³-hybridized carbons (Fsp3) is 0.385. The molecule has 19 nitrogen and oxygen atoms in total. The number of ether oxygens (including phenoxy) is 1. The number of fused-ring (bicyclic) bond motifs is 2. The maximum absolute atomic E-state index is 12.6. The summed E-state index contributed by atoms with van der Waals surface area (Å²) in [7, 11) is -6.47. The monoisotopic (exact) mass is 878 g/mol. The lowest BCUT2D eigenvalue weighted by molar-refractivity contribution is 0.191. The van der Waals surface area contributed by atoms with Gasteiger partial charge in [0.25, 0.3) is 11.1 Å². The minimum atomic E-state index is -3.33. The van der Waals surface area contributed by atoms with Gasteiger partial charge in [-0.3, -0.25) is 28.7 Å². The highest BCUT2D eigenvalue weighted by Gasteiger charge is 2.25. The Labute approximate surface area is 349 Å². The summed E-state index contributed by atoms with van der Waals surface area (Å²) in [5.41, 5.74) is 15.6. The topological polar surface area (TPSA) is 296 Å². The summed E-state index contributed by atoms with van der Waals surface area (Å²) in [4.78, 5) is 42.7. The molecule has 10 N–H and O–H groups in total. The molecule has 0 amide bonds. The lowest BCUT2D eigenvalue weighted by Crippen LogP contribution is -2.11. The van der Waals surface area contributed by atoms with Gasteiger partial charge in [-0.2, -0.15) is 0 Å². The van der Waals surface area contributed by atoms with E-state index >= 15 is 0 Å². The van der Waals surface area contributed by atoms with Crippen molar-refractivity contribution in [3.8, 4) is 11.5 Å². The van der Waals surface area contributed by atoms with E-state index in [1.54, 1.807) is 58.3 Å². The Bertz CT molecular complexity index is 2430. The molecule has 0 unspecified atom stereocenters. The Balaban J connectivity index is 0.000000489.